The van der Waals surface area contributed by atoms with E-state index in [0.717, 1.165) is 31.6 Å². The fourth-order valence-electron chi connectivity index (χ4n) is 5.48. The number of carbonyl (C=O) groups excluding carboxylic acids is 2. The number of methoxy groups -OCH3 is 1. The molecule has 0 bridgehead atoms. The zero-order chi connectivity index (χ0) is 28.4. The molecule has 1 aromatic carbocycles. The third-order valence-corrected chi connectivity index (χ3v) is 10.3. The highest BCUT2D eigenvalue weighted by Crippen LogP contribution is 2.44. The minimum atomic E-state index is -3.95. The summed E-state index contributed by atoms with van der Waals surface area (Å²) in [4.78, 5) is 34.3. The Hall–Kier alpha value is -3.18. The topological polar surface area (TPSA) is 112 Å². The van der Waals surface area contributed by atoms with Crippen LogP contribution in [0.1, 0.15) is 36.8 Å². The number of amides is 2. The van der Waals surface area contributed by atoms with Gasteiger partial charge in [0.15, 0.2) is 0 Å². The first kappa shape index (κ1) is 28.8. The largest absolute Gasteiger partial charge is 0.497 e. The average molecular weight is 558 g/mol. The Kier molecular flexibility index (Phi) is 8.51. The number of carbonyl (C=O) groups is 2. The number of pyridine rings is 1. The van der Waals surface area contributed by atoms with E-state index >= 15 is 0 Å². The number of hydrogen-bond donors (Lipinski definition) is 1. The number of piperidine rings is 1. The van der Waals surface area contributed by atoms with Gasteiger partial charge in [-0.1, -0.05) is 0 Å². The SMILES string of the molecule is COc1cc(C)c(S(=O)(=O)N(C)C2(C(=O)NCC(=O)N(C)CC3CCN(c4ccncc4)CC3)CC2)c(C)c1. The molecule has 1 N–H and O–H groups in total. The number of benzene rings is 1. The second-order valence-corrected chi connectivity index (χ2v) is 12.6. The van der Waals surface area contributed by atoms with E-state index in [0.29, 0.717) is 42.2 Å². The molecule has 2 aromatic rings. The Balaban J connectivity index is 1.31. The molecule has 1 saturated heterocycles. The first-order valence-electron chi connectivity index (χ1n) is 13.3. The molecule has 4 rings (SSSR count). The molecule has 10 nitrogen and oxygen atoms in total. The maximum absolute atomic E-state index is 13.6. The highest BCUT2D eigenvalue weighted by molar-refractivity contribution is 7.89. The van der Waals surface area contributed by atoms with Crippen LogP contribution in [0.2, 0.25) is 0 Å². The summed E-state index contributed by atoms with van der Waals surface area (Å²) in [6, 6.07) is 7.36. The molecular formula is C28H39N5O5S. The van der Waals surface area contributed by atoms with Crippen molar-refractivity contribution in [3.63, 3.8) is 0 Å². The molecule has 0 radical (unpaired) electrons. The van der Waals surface area contributed by atoms with E-state index in [-0.39, 0.29) is 17.3 Å². The quantitative estimate of drug-likeness (QED) is 0.477. The summed E-state index contributed by atoms with van der Waals surface area (Å²) in [5.74, 6) is 0.329. The molecule has 2 aliphatic rings. The van der Waals surface area contributed by atoms with Crippen LogP contribution >= 0.6 is 0 Å². The molecule has 1 aromatic heterocycles. The van der Waals surface area contributed by atoms with Crippen LogP contribution < -0.4 is 15.0 Å². The molecule has 212 valence electrons. The second-order valence-electron chi connectivity index (χ2n) is 10.7. The van der Waals surface area contributed by atoms with Gasteiger partial charge < -0.3 is 19.9 Å². The number of aryl methyl sites for hydroxylation is 2. The van der Waals surface area contributed by atoms with Gasteiger partial charge in [0.25, 0.3) is 0 Å². The van der Waals surface area contributed by atoms with Crippen LogP contribution in [0.5, 0.6) is 5.75 Å². The molecule has 2 fully saturated rings. The third kappa shape index (κ3) is 6.04. The number of hydrogen-bond acceptors (Lipinski definition) is 7. The standard InChI is InChI=1S/C28H39N5O5S/c1-20-16-24(38-5)17-21(2)26(20)39(36,37)32(4)28(10-11-28)27(35)30-18-25(34)31(3)19-22-8-14-33(15-9-22)23-6-12-29-13-7-23/h6-7,12-13,16-17,22H,8-11,14-15,18-19H2,1-5H3,(H,30,35). The normalized spacial score (nSPS) is 17.1. The molecule has 1 saturated carbocycles. The number of rotatable bonds is 10. The summed E-state index contributed by atoms with van der Waals surface area (Å²) in [5.41, 5.74) is 1.08. The van der Waals surface area contributed by atoms with Gasteiger partial charge in [-0.25, -0.2) is 8.42 Å². The lowest BCUT2D eigenvalue weighted by Crippen LogP contribution is -2.52. The summed E-state index contributed by atoms with van der Waals surface area (Å²) in [5, 5.41) is 2.71. The molecule has 0 atom stereocenters. The molecule has 11 heteroatoms. The third-order valence-electron chi connectivity index (χ3n) is 8.04. The van der Waals surface area contributed by atoms with Crippen LogP contribution in [0.4, 0.5) is 5.69 Å². The molecule has 0 spiro atoms. The Morgan fingerprint density at radius 3 is 2.23 bits per heavy atom. The molecule has 1 aliphatic carbocycles. The van der Waals surface area contributed by atoms with Gasteiger partial charge >= 0.3 is 0 Å². The van der Waals surface area contributed by atoms with E-state index in [2.05, 4.69) is 15.2 Å². The van der Waals surface area contributed by atoms with Crippen LogP contribution in [0.25, 0.3) is 0 Å². The van der Waals surface area contributed by atoms with Crippen molar-refractivity contribution in [2.75, 3.05) is 52.3 Å². The first-order valence-corrected chi connectivity index (χ1v) is 14.7. The zero-order valence-corrected chi connectivity index (χ0v) is 24.3. The first-order chi connectivity index (χ1) is 18.5. The smallest absolute Gasteiger partial charge is 0.244 e. The second kappa shape index (κ2) is 11.5. The molecule has 2 amide bonds. The van der Waals surface area contributed by atoms with Gasteiger partial charge in [0.1, 0.15) is 11.3 Å². The predicted octanol–water partition coefficient (Wildman–Crippen LogP) is 2.35. The van der Waals surface area contributed by atoms with Gasteiger partial charge in [-0.2, -0.15) is 4.31 Å². The van der Waals surface area contributed by atoms with Gasteiger partial charge in [-0.3, -0.25) is 14.6 Å². The van der Waals surface area contributed by atoms with E-state index < -0.39 is 21.5 Å². The van der Waals surface area contributed by atoms with Gasteiger partial charge in [0.05, 0.1) is 18.6 Å². The van der Waals surface area contributed by atoms with E-state index in [4.69, 9.17) is 4.74 Å². The summed E-state index contributed by atoms with van der Waals surface area (Å²) in [7, 11) is 0.775. The van der Waals surface area contributed by atoms with Crippen LogP contribution in [-0.4, -0.2) is 87.3 Å². The summed E-state index contributed by atoms with van der Waals surface area (Å²) >= 11 is 0. The highest BCUT2D eigenvalue weighted by Gasteiger charge is 2.57. The molecule has 39 heavy (non-hydrogen) atoms. The number of sulfonamides is 1. The van der Waals surface area contributed by atoms with Crippen molar-refractivity contribution in [2.24, 2.45) is 5.92 Å². The van der Waals surface area contributed by atoms with Gasteiger partial charge in [0.2, 0.25) is 21.8 Å². The van der Waals surface area contributed by atoms with E-state index in [1.165, 1.54) is 18.5 Å². The molecule has 2 heterocycles. The van der Waals surface area contributed by atoms with Crippen molar-refractivity contribution in [1.29, 1.82) is 0 Å². The monoisotopic (exact) mass is 557 g/mol. The highest BCUT2D eigenvalue weighted by atomic mass is 32.2. The van der Waals surface area contributed by atoms with Crippen molar-refractivity contribution in [1.82, 2.24) is 19.5 Å². The Morgan fingerprint density at radius 1 is 1.10 bits per heavy atom. The number of ether oxygens (including phenoxy) is 1. The summed E-state index contributed by atoms with van der Waals surface area (Å²) in [6.45, 7) is 5.73. The van der Waals surface area contributed by atoms with Crippen molar-refractivity contribution >= 4 is 27.5 Å². The lowest BCUT2D eigenvalue weighted by Gasteiger charge is -2.35. The van der Waals surface area contributed by atoms with Crippen molar-refractivity contribution in [3.8, 4) is 5.75 Å². The lowest BCUT2D eigenvalue weighted by atomic mass is 9.96. The van der Waals surface area contributed by atoms with Crippen LogP contribution in [-0.2, 0) is 19.6 Å². The lowest BCUT2D eigenvalue weighted by molar-refractivity contribution is -0.133. The number of anilines is 1. The Bertz CT molecular complexity index is 1280. The Labute approximate surface area is 231 Å². The minimum Gasteiger partial charge on any atom is -0.497 e. The van der Waals surface area contributed by atoms with Gasteiger partial charge in [-0.15, -0.1) is 0 Å². The summed E-state index contributed by atoms with van der Waals surface area (Å²) < 4.78 is 33.6. The fourth-order valence-corrected chi connectivity index (χ4v) is 7.41. The maximum Gasteiger partial charge on any atom is 0.244 e. The number of likely N-dealkylation sites (N-methyl/N-ethyl adjacent to an activating group) is 2. The summed E-state index contributed by atoms with van der Waals surface area (Å²) in [6.07, 6.45) is 6.35. The number of nitrogens with zero attached hydrogens (tertiary/aromatic N) is 4. The average Bonchev–Trinajstić information content (AvgIpc) is 3.73. The van der Waals surface area contributed by atoms with E-state index in [9.17, 15) is 18.0 Å². The molecular weight excluding hydrogens is 518 g/mol. The van der Waals surface area contributed by atoms with Crippen LogP contribution in [0.3, 0.4) is 0 Å². The Morgan fingerprint density at radius 2 is 1.69 bits per heavy atom. The maximum atomic E-state index is 13.6. The van der Waals surface area contributed by atoms with Crippen LogP contribution in [0, 0.1) is 19.8 Å². The molecule has 1 aliphatic heterocycles. The zero-order valence-electron chi connectivity index (χ0n) is 23.4. The van der Waals surface area contributed by atoms with E-state index in [1.807, 2.05) is 12.1 Å². The predicted molar refractivity (Wildman–Crippen MR) is 149 cm³/mol. The number of aromatic nitrogens is 1. The fraction of sp³-hybridized carbons (Fsp3) is 0.536. The van der Waals surface area contributed by atoms with Gasteiger partial charge in [-0.05, 0) is 80.8 Å². The van der Waals surface area contributed by atoms with Crippen molar-refractivity contribution in [3.05, 3.63) is 47.8 Å². The minimum absolute atomic E-state index is 0.165. The van der Waals surface area contributed by atoms with Crippen molar-refractivity contribution in [2.45, 2.75) is 50.0 Å². The van der Waals surface area contributed by atoms with E-state index in [1.54, 1.807) is 50.3 Å². The van der Waals surface area contributed by atoms with Crippen LogP contribution in [0.15, 0.2) is 41.6 Å². The van der Waals surface area contributed by atoms with Gasteiger partial charge in [0, 0.05) is 51.8 Å². The number of nitrogens with one attached hydrogen (secondary N) is 1. The van der Waals surface area contributed by atoms with Crippen molar-refractivity contribution < 1.29 is 22.7 Å². The molecule has 0 unspecified atom stereocenters.